The van der Waals surface area contributed by atoms with E-state index >= 15 is 0 Å². The van der Waals surface area contributed by atoms with Gasteiger partial charge in [0.05, 0.1) is 18.1 Å². The van der Waals surface area contributed by atoms with Crippen molar-refractivity contribution >= 4 is 17.7 Å². The average Bonchev–Trinajstić information content (AvgIpc) is 2.33. The lowest BCUT2D eigenvalue weighted by atomic mass is 10.2. The molecule has 1 heterocycles. The van der Waals surface area contributed by atoms with Gasteiger partial charge < -0.3 is 5.32 Å². The number of aryl methyl sites for hydroxylation is 1. The van der Waals surface area contributed by atoms with Gasteiger partial charge in [-0.2, -0.15) is 0 Å². The van der Waals surface area contributed by atoms with Crippen LogP contribution in [0.25, 0.3) is 0 Å². The summed E-state index contributed by atoms with van der Waals surface area (Å²) in [7, 11) is 0. The Morgan fingerprint density at radius 2 is 1.88 bits per heavy atom. The minimum Gasteiger partial charge on any atom is -0.352 e. The quantitative estimate of drug-likeness (QED) is 0.795. The second kappa shape index (κ2) is 4.53. The molecule has 4 heteroatoms. The third-order valence-electron chi connectivity index (χ3n) is 2.15. The topological polar surface area (TPSA) is 54.9 Å². The summed E-state index contributed by atoms with van der Waals surface area (Å²) in [5.74, 6) is 0.717. The number of aldehydes is 1. The Morgan fingerprint density at radius 3 is 2.56 bits per heavy atom. The van der Waals surface area contributed by atoms with Crippen molar-refractivity contribution in [1.82, 2.24) is 9.97 Å². The Kier molecular flexibility index (Phi) is 2.91. The molecule has 16 heavy (non-hydrogen) atoms. The summed E-state index contributed by atoms with van der Waals surface area (Å²) in [5, 5.41) is 3.09. The zero-order valence-corrected chi connectivity index (χ0v) is 8.84. The molecule has 0 aliphatic carbocycles. The van der Waals surface area contributed by atoms with Gasteiger partial charge in [-0.15, -0.1) is 0 Å². The number of nitrogens with one attached hydrogen (secondary N) is 1. The molecule has 0 amide bonds. The summed E-state index contributed by atoms with van der Waals surface area (Å²) in [6.45, 7) is 1.82. The number of nitrogens with zero attached hydrogens (tertiary/aromatic N) is 2. The highest BCUT2D eigenvalue weighted by Gasteiger charge is 2.00. The van der Waals surface area contributed by atoms with E-state index in [9.17, 15) is 4.79 Å². The lowest BCUT2D eigenvalue weighted by molar-refractivity contribution is 0.112. The standard InChI is InChI=1S/C12H11N3O/c1-9-13-6-11(7-14-9)15-12-5-3-2-4-10(12)8-16/h2-8,15H,1H3. The van der Waals surface area contributed by atoms with Gasteiger partial charge in [-0.3, -0.25) is 4.79 Å². The Bertz CT molecular complexity index is 494. The molecule has 1 aromatic heterocycles. The van der Waals surface area contributed by atoms with Crippen LogP contribution in [0.15, 0.2) is 36.7 Å². The van der Waals surface area contributed by atoms with Crippen molar-refractivity contribution in [1.29, 1.82) is 0 Å². The third-order valence-corrected chi connectivity index (χ3v) is 2.15. The molecule has 2 aromatic rings. The van der Waals surface area contributed by atoms with Crippen LogP contribution in [0.3, 0.4) is 0 Å². The largest absolute Gasteiger partial charge is 0.352 e. The SMILES string of the molecule is Cc1ncc(Nc2ccccc2C=O)cn1. The van der Waals surface area contributed by atoms with Crippen molar-refractivity contribution in [3.63, 3.8) is 0 Å². The maximum atomic E-state index is 10.8. The number of anilines is 2. The van der Waals surface area contributed by atoms with Crippen LogP contribution < -0.4 is 5.32 Å². The first-order chi connectivity index (χ1) is 7.79. The Hall–Kier alpha value is -2.23. The fraction of sp³-hybridized carbons (Fsp3) is 0.0833. The first-order valence-corrected chi connectivity index (χ1v) is 4.89. The number of hydrogen-bond donors (Lipinski definition) is 1. The number of aromatic nitrogens is 2. The van der Waals surface area contributed by atoms with E-state index in [2.05, 4.69) is 15.3 Å². The maximum Gasteiger partial charge on any atom is 0.152 e. The van der Waals surface area contributed by atoms with Gasteiger partial charge in [0.25, 0.3) is 0 Å². The molecular weight excluding hydrogens is 202 g/mol. The van der Waals surface area contributed by atoms with Crippen LogP contribution in [0.5, 0.6) is 0 Å². The summed E-state index contributed by atoms with van der Waals surface area (Å²) in [4.78, 5) is 18.9. The molecule has 0 aliphatic heterocycles. The van der Waals surface area contributed by atoms with E-state index in [4.69, 9.17) is 0 Å². The molecule has 0 saturated heterocycles. The summed E-state index contributed by atoms with van der Waals surface area (Å²) < 4.78 is 0. The molecular formula is C12H11N3O. The number of rotatable bonds is 3. The zero-order chi connectivity index (χ0) is 11.4. The van der Waals surface area contributed by atoms with Crippen molar-refractivity contribution in [3.8, 4) is 0 Å². The molecule has 0 unspecified atom stereocenters. The zero-order valence-electron chi connectivity index (χ0n) is 8.84. The van der Waals surface area contributed by atoms with Gasteiger partial charge in [-0.25, -0.2) is 9.97 Å². The summed E-state index contributed by atoms with van der Waals surface area (Å²) in [6.07, 6.45) is 4.19. The van der Waals surface area contributed by atoms with Crippen LogP contribution >= 0.6 is 0 Å². The Labute approximate surface area is 93.4 Å². The highest BCUT2D eigenvalue weighted by atomic mass is 16.1. The van der Waals surface area contributed by atoms with E-state index in [-0.39, 0.29) is 0 Å². The van der Waals surface area contributed by atoms with Gasteiger partial charge in [0.1, 0.15) is 5.82 Å². The van der Waals surface area contributed by atoms with Gasteiger partial charge in [-0.1, -0.05) is 12.1 Å². The number of hydrogen-bond acceptors (Lipinski definition) is 4. The van der Waals surface area contributed by atoms with E-state index in [1.165, 1.54) is 0 Å². The first-order valence-electron chi connectivity index (χ1n) is 4.89. The predicted octanol–water partition coefficient (Wildman–Crippen LogP) is 2.34. The molecule has 0 spiro atoms. The fourth-order valence-corrected chi connectivity index (χ4v) is 1.33. The van der Waals surface area contributed by atoms with E-state index in [1.54, 1.807) is 18.5 Å². The average molecular weight is 213 g/mol. The van der Waals surface area contributed by atoms with Crippen molar-refractivity contribution in [3.05, 3.63) is 48.0 Å². The summed E-state index contributed by atoms with van der Waals surface area (Å²) in [6, 6.07) is 7.28. The minimum atomic E-state index is 0.614. The number of para-hydroxylation sites is 1. The minimum absolute atomic E-state index is 0.614. The number of benzene rings is 1. The highest BCUT2D eigenvalue weighted by Crippen LogP contribution is 2.18. The molecule has 2 rings (SSSR count). The molecule has 0 bridgehead atoms. The van der Waals surface area contributed by atoms with Gasteiger partial charge in [0, 0.05) is 11.3 Å². The van der Waals surface area contributed by atoms with E-state index in [1.807, 2.05) is 25.1 Å². The molecule has 0 fully saturated rings. The lowest BCUT2D eigenvalue weighted by Gasteiger charge is -2.07. The molecule has 1 N–H and O–H groups in total. The predicted molar refractivity (Wildman–Crippen MR) is 61.9 cm³/mol. The monoisotopic (exact) mass is 213 g/mol. The Morgan fingerprint density at radius 1 is 1.19 bits per heavy atom. The molecule has 0 radical (unpaired) electrons. The second-order valence-electron chi connectivity index (χ2n) is 3.35. The first kappa shape index (κ1) is 10.3. The van der Waals surface area contributed by atoms with Crippen molar-refractivity contribution in [2.24, 2.45) is 0 Å². The van der Waals surface area contributed by atoms with E-state index in [0.29, 0.717) is 11.4 Å². The van der Waals surface area contributed by atoms with Crippen LogP contribution in [-0.2, 0) is 0 Å². The van der Waals surface area contributed by atoms with E-state index in [0.717, 1.165) is 17.7 Å². The summed E-state index contributed by atoms with van der Waals surface area (Å²) in [5.41, 5.74) is 2.13. The van der Waals surface area contributed by atoms with E-state index < -0.39 is 0 Å². The summed E-state index contributed by atoms with van der Waals surface area (Å²) >= 11 is 0. The molecule has 80 valence electrons. The normalized spacial score (nSPS) is 9.81. The molecule has 1 aromatic carbocycles. The molecule has 4 nitrogen and oxygen atoms in total. The smallest absolute Gasteiger partial charge is 0.152 e. The van der Waals surface area contributed by atoms with Gasteiger partial charge in [0.2, 0.25) is 0 Å². The van der Waals surface area contributed by atoms with Crippen LogP contribution in [-0.4, -0.2) is 16.3 Å². The van der Waals surface area contributed by atoms with Crippen LogP contribution in [0.2, 0.25) is 0 Å². The second-order valence-corrected chi connectivity index (χ2v) is 3.35. The maximum absolute atomic E-state index is 10.8. The van der Waals surface area contributed by atoms with Gasteiger partial charge >= 0.3 is 0 Å². The van der Waals surface area contributed by atoms with Crippen LogP contribution in [0.1, 0.15) is 16.2 Å². The van der Waals surface area contributed by atoms with Gasteiger partial charge in [-0.05, 0) is 19.1 Å². The van der Waals surface area contributed by atoms with Crippen LogP contribution in [0, 0.1) is 6.92 Å². The molecule has 0 saturated carbocycles. The molecule has 0 aliphatic rings. The number of carbonyl (C=O) groups excluding carboxylic acids is 1. The van der Waals surface area contributed by atoms with Gasteiger partial charge in [0.15, 0.2) is 6.29 Å². The fourth-order valence-electron chi connectivity index (χ4n) is 1.33. The van der Waals surface area contributed by atoms with Crippen molar-refractivity contribution in [2.75, 3.05) is 5.32 Å². The van der Waals surface area contributed by atoms with Crippen molar-refractivity contribution in [2.45, 2.75) is 6.92 Å². The number of carbonyl (C=O) groups is 1. The van der Waals surface area contributed by atoms with Crippen molar-refractivity contribution < 1.29 is 4.79 Å². The highest BCUT2D eigenvalue weighted by molar-refractivity contribution is 5.85. The Balaban J connectivity index is 2.26. The third kappa shape index (κ3) is 2.23. The lowest BCUT2D eigenvalue weighted by Crippen LogP contribution is -1.97. The molecule has 0 atom stereocenters. The van der Waals surface area contributed by atoms with Crippen LogP contribution in [0.4, 0.5) is 11.4 Å².